The van der Waals surface area contributed by atoms with Gasteiger partial charge in [-0.05, 0) is 48.5 Å². The van der Waals surface area contributed by atoms with Gasteiger partial charge in [-0.1, -0.05) is 47.2 Å². The van der Waals surface area contributed by atoms with E-state index in [0.29, 0.717) is 16.7 Å². The van der Waals surface area contributed by atoms with Gasteiger partial charge in [0.15, 0.2) is 5.78 Å². The SMILES string of the molecule is CC(=O)OCCC(=NOC(C)=O)C(=O)c1ccc(Sc2ccc(C(=O)c3ccccc3)cc2)cc1. The molecule has 0 spiro atoms. The highest BCUT2D eigenvalue weighted by atomic mass is 32.2. The minimum absolute atomic E-state index is 0.0102. The van der Waals surface area contributed by atoms with Crippen molar-refractivity contribution in [3.8, 4) is 0 Å². The molecule has 8 heteroatoms. The average molecular weight is 490 g/mol. The number of ketones is 2. The van der Waals surface area contributed by atoms with Crippen LogP contribution in [-0.4, -0.2) is 35.8 Å². The van der Waals surface area contributed by atoms with E-state index in [9.17, 15) is 19.2 Å². The summed E-state index contributed by atoms with van der Waals surface area (Å²) in [5.41, 5.74) is 1.57. The molecule has 3 rings (SSSR count). The number of ether oxygens (including phenoxy) is 1. The molecule has 0 aliphatic rings. The number of carbonyl (C=O) groups is 4. The molecule has 0 radical (unpaired) electrons. The van der Waals surface area contributed by atoms with Crippen LogP contribution in [0.15, 0.2) is 93.8 Å². The number of Topliss-reactive ketones (excluding diaryl/α,β-unsaturated/α-hetero) is 1. The van der Waals surface area contributed by atoms with E-state index in [4.69, 9.17) is 4.74 Å². The number of hydrogen-bond donors (Lipinski definition) is 0. The van der Waals surface area contributed by atoms with Crippen molar-refractivity contribution in [2.45, 2.75) is 30.1 Å². The molecule has 0 aliphatic carbocycles. The molecule has 0 amide bonds. The molecule has 0 aliphatic heterocycles. The first-order chi connectivity index (χ1) is 16.8. The van der Waals surface area contributed by atoms with Crippen molar-refractivity contribution in [1.29, 1.82) is 0 Å². The Morgan fingerprint density at radius 2 is 1.26 bits per heavy atom. The summed E-state index contributed by atoms with van der Waals surface area (Å²) in [7, 11) is 0. The topological polar surface area (TPSA) is 99.1 Å². The van der Waals surface area contributed by atoms with Crippen molar-refractivity contribution in [2.75, 3.05) is 6.61 Å². The van der Waals surface area contributed by atoms with Gasteiger partial charge in [0.1, 0.15) is 5.71 Å². The number of nitrogens with zero attached hydrogens (tertiary/aromatic N) is 1. The van der Waals surface area contributed by atoms with Crippen LogP contribution in [0.25, 0.3) is 0 Å². The van der Waals surface area contributed by atoms with Crippen molar-refractivity contribution in [3.63, 3.8) is 0 Å². The minimum Gasteiger partial charge on any atom is -0.465 e. The lowest BCUT2D eigenvalue weighted by Crippen LogP contribution is -2.18. The van der Waals surface area contributed by atoms with Gasteiger partial charge in [0.2, 0.25) is 5.78 Å². The average Bonchev–Trinajstić information content (AvgIpc) is 2.86. The number of benzene rings is 3. The molecular formula is C27H23NO6S. The normalized spacial score (nSPS) is 11.0. The Balaban J connectivity index is 1.66. The van der Waals surface area contributed by atoms with E-state index < -0.39 is 17.7 Å². The van der Waals surface area contributed by atoms with Crippen LogP contribution in [0.1, 0.15) is 46.5 Å². The Morgan fingerprint density at radius 3 is 1.80 bits per heavy atom. The van der Waals surface area contributed by atoms with Crippen molar-refractivity contribution in [3.05, 3.63) is 95.6 Å². The number of hydrogen-bond acceptors (Lipinski definition) is 8. The van der Waals surface area contributed by atoms with Gasteiger partial charge in [-0.25, -0.2) is 4.79 Å². The minimum atomic E-state index is -0.661. The van der Waals surface area contributed by atoms with E-state index >= 15 is 0 Å². The third kappa shape index (κ3) is 7.75. The second kappa shape index (κ2) is 12.4. The van der Waals surface area contributed by atoms with Crippen LogP contribution in [0.5, 0.6) is 0 Å². The van der Waals surface area contributed by atoms with Gasteiger partial charge in [0, 0.05) is 46.7 Å². The lowest BCUT2D eigenvalue weighted by molar-refractivity contribution is -0.142. The quantitative estimate of drug-likeness (QED) is 0.128. The number of carbonyl (C=O) groups excluding carboxylic acids is 4. The molecule has 0 aromatic heterocycles. The van der Waals surface area contributed by atoms with Crippen LogP contribution in [0.4, 0.5) is 0 Å². The standard InChI is InChI=1S/C27H23NO6S/c1-18(29)33-17-16-25(28-34-19(2)30)27(32)22-10-14-24(15-11-22)35-23-12-8-21(9-13-23)26(31)20-6-4-3-5-7-20/h3-15H,16-17H2,1-2H3. The molecule has 35 heavy (non-hydrogen) atoms. The molecule has 0 fully saturated rings. The fraction of sp³-hybridized carbons (Fsp3) is 0.148. The smallest absolute Gasteiger partial charge is 0.331 e. The maximum Gasteiger partial charge on any atom is 0.331 e. The van der Waals surface area contributed by atoms with Crippen LogP contribution >= 0.6 is 11.8 Å². The molecule has 0 heterocycles. The largest absolute Gasteiger partial charge is 0.465 e. The van der Waals surface area contributed by atoms with Crippen LogP contribution in [0.2, 0.25) is 0 Å². The number of esters is 1. The highest BCUT2D eigenvalue weighted by molar-refractivity contribution is 7.99. The second-order valence-corrected chi connectivity index (χ2v) is 8.53. The third-order valence-electron chi connectivity index (χ3n) is 4.70. The molecule has 0 bridgehead atoms. The van der Waals surface area contributed by atoms with Crippen molar-refractivity contribution in [2.24, 2.45) is 5.16 Å². The van der Waals surface area contributed by atoms with Crippen LogP contribution < -0.4 is 0 Å². The van der Waals surface area contributed by atoms with Gasteiger partial charge in [-0.15, -0.1) is 0 Å². The molecule has 0 saturated heterocycles. The van der Waals surface area contributed by atoms with E-state index in [-0.39, 0.29) is 24.5 Å². The summed E-state index contributed by atoms with van der Waals surface area (Å²) < 4.78 is 4.86. The molecule has 0 saturated carbocycles. The van der Waals surface area contributed by atoms with Crippen molar-refractivity contribution >= 4 is 41.0 Å². The van der Waals surface area contributed by atoms with Gasteiger partial charge in [0.25, 0.3) is 0 Å². The summed E-state index contributed by atoms with van der Waals surface area (Å²) in [4.78, 5) is 53.9. The first-order valence-electron chi connectivity index (χ1n) is 10.7. The summed E-state index contributed by atoms with van der Waals surface area (Å²) in [5, 5.41) is 3.62. The Labute approximate surface area is 207 Å². The van der Waals surface area contributed by atoms with Crippen molar-refractivity contribution in [1.82, 2.24) is 0 Å². The van der Waals surface area contributed by atoms with Gasteiger partial charge >= 0.3 is 11.9 Å². The van der Waals surface area contributed by atoms with E-state index in [0.717, 1.165) is 9.79 Å². The lowest BCUT2D eigenvalue weighted by Gasteiger charge is -2.07. The molecule has 0 N–H and O–H groups in total. The highest BCUT2D eigenvalue weighted by Crippen LogP contribution is 2.28. The molecule has 0 unspecified atom stereocenters. The van der Waals surface area contributed by atoms with Crippen LogP contribution in [-0.2, 0) is 19.2 Å². The number of rotatable bonds is 10. The van der Waals surface area contributed by atoms with Gasteiger partial charge in [-0.3, -0.25) is 14.4 Å². The second-order valence-electron chi connectivity index (χ2n) is 7.39. The molecule has 3 aromatic rings. The highest BCUT2D eigenvalue weighted by Gasteiger charge is 2.17. The Hall–Kier alpha value is -4.04. The zero-order chi connectivity index (χ0) is 25.2. The van der Waals surface area contributed by atoms with Gasteiger partial charge in [-0.2, -0.15) is 0 Å². The van der Waals surface area contributed by atoms with Crippen LogP contribution in [0, 0.1) is 0 Å². The predicted molar refractivity (Wildman–Crippen MR) is 132 cm³/mol. The maximum absolute atomic E-state index is 12.8. The first kappa shape index (κ1) is 25.6. The lowest BCUT2D eigenvalue weighted by atomic mass is 10.0. The predicted octanol–water partition coefficient (Wildman–Crippen LogP) is 5.12. The molecule has 3 aromatic carbocycles. The Kier molecular flexibility index (Phi) is 9.09. The fourth-order valence-electron chi connectivity index (χ4n) is 3.02. The molecule has 178 valence electrons. The monoisotopic (exact) mass is 489 g/mol. The van der Waals surface area contributed by atoms with Crippen molar-refractivity contribution < 1.29 is 28.8 Å². The zero-order valence-corrected chi connectivity index (χ0v) is 20.0. The van der Waals surface area contributed by atoms with E-state index in [1.54, 1.807) is 48.5 Å². The molecule has 0 atom stereocenters. The summed E-state index contributed by atoms with van der Waals surface area (Å²) >= 11 is 1.48. The zero-order valence-electron chi connectivity index (χ0n) is 19.2. The summed E-state index contributed by atoms with van der Waals surface area (Å²) in [6.07, 6.45) is 0.0102. The van der Waals surface area contributed by atoms with E-state index in [1.807, 2.05) is 30.3 Å². The first-order valence-corrected chi connectivity index (χ1v) is 11.6. The van der Waals surface area contributed by atoms with E-state index in [2.05, 4.69) is 9.99 Å². The number of oxime groups is 1. The van der Waals surface area contributed by atoms with Crippen LogP contribution in [0.3, 0.4) is 0 Å². The molecule has 7 nitrogen and oxygen atoms in total. The van der Waals surface area contributed by atoms with Gasteiger partial charge in [0.05, 0.1) is 6.61 Å². The summed E-state index contributed by atoms with van der Waals surface area (Å²) in [6, 6.07) is 23.3. The maximum atomic E-state index is 12.8. The molecular weight excluding hydrogens is 466 g/mol. The Morgan fingerprint density at radius 1 is 0.714 bits per heavy atom. The third-order valence-corrected chi connectivity index (χ3v) is 5.71. The Bertz CT molecular complexity index is 1230. The fourth-order valence-corrected chi connectivity index (χ4v) is 3.84. The van der Waals surface area contributed by atoms with Gasteiger partial charge < -0.3 is 9.57 Å². The summed E-state index contributed by atoms with van der Waals surface area (Å²) in [5.74, 6) is -1.61. The summed E-state index contributed by atoms with van der Waals surface area (Å²) in [6.45, 7) is 2.38. The van der Waals surface area contributed by atoms with E-state index in [1.165, 1.54) is 25.6 Å².